The van der Waals surface area contributed by atoms with E-state index in [9.17, 15) is 10.2 Å². The van der Waals surface area contributed by atoms with Crippen molar-refractivity contribution in [2.24, 2.45) is 0 Å². The van der Waals surface area contributed by atoms with Crippen LogP contribution in [0.3, 0.4) is 0 Å². The van der Waals surface area contributed by atoms with Crippen molar-refractivity contribution < 1.29 is 24.4 Å². The number of hydrogen-bond acceptors (Lipinski definition) is 5. The lowest BCUT2D eigenvalue weighted by molar-refractivity contribution is 0.122. The normalized spacial score (nSPS) is 13.2. The van der Waals surface area contributed by atoms with Crippen molar-refractivity contribution >= 4 is 0 Å². The Kier molecular flexibility index (Phi) is 6.26. The summed E-state index contributed by atoms with van der Waals surface area (Å²) in [6.07, 6.45) is -0.999. The maximum absolute atomic E-state index is 9.18. The molecule has 5 heteroatoms. The quantitative estimate of drug-likeness (QED) is 0.783. The van der Waals surface area contributed by atoms with Gasteiger partial charge in [-0.15, -0.1) is 0 Å². The molecule has 5 nitrogen and oxygen atoms in total. The lowest BCUT2D eigenvalue weighted by atomic mass is 10.3. The van der Waals surface area contributed by atoms with Crippen molar-refractivity contribution in [3.8, 4) is 23.0 Å². The number of hydrogen-bond donors (Lipinski definition) is 2. The van der Waals surface area contributed by atoms with Crippen LogP contribution in [0.5, 0.6) is 23.0 Å². The molecule has 0 bridgehead atoms. The molecule has 0 radical (unpaired) electrons. The number of aliphatic hydroxyl groups is 2. The maximum Gasteiger partial charge on any atom is 0.127 e. The summed E-state index contributed by atoms with van der Waals surface area (Å²) in [4.78, 5) is 0. The zero-order chi connectivity index (χ0) is 16.7. The average molecular weight is 318 g/mol. The molecule has 0 heterocycles. The Hall–Kier alpha value is -2.24. The van der Waals surface area contributed by atoms with Crippen LogP contribution in [-0.2, 0) is 0 Å². The number of aliphatic hydroxyl groups excluding tert-OH is 2. The third-order valence-electron chi connectivity index (χ3n) is 2.87. The van der Waals surface area contributed by atoms with Gasteiger partial charge in [0.1, 0.15) is 36.2 Å². The molecule has 0 amide bonds. The van der Waals surface area contributed by atoms with E-state index in [1.54, 1.807) is 62.4 Å². The molecule has 2 aromatic rings. The molecule has 0 aliphatic heterocycles. The summed E-state index contributed by atoms with van der Waals surface area (Å²) < 4.78 is 16.5. The van der Waals surface area contributed by atoms with Crippen LogP contribution in [0.1, 0.15) is 13.8 Å². The van der Waals surface area contributed by atoms with Crippen molar-refractivity contribution in [3.63, 3.8) is 0 Å². The van der Waals surface area contributed by atoms with E-state index in [1.165, 1.54) is 0 Å². The second-order valence-corrected chi connectivity index (χ2v) is 5.36. The highest BCUT2D eigenvalue weighted by molar-refractivity contribution is 5.37. The Morgan fingerprint density at radius 2 is 0.957 bits per heavy atom. The third-order valence-corrected chi connectivity index (χ3v) is 2.87. The molecule has 2 unspecified atom stereocenters. The molecule has 2 N–H and O–H groups in total. The molecule has 2 aromatic carbocycles. The zero-order valence-corrected chi connectivity index (χ0v) is 13.3. The van der Waals surface area contributed by atoms with Crippen LogP contribution in [0.2, 0.25) is 0 Å². The van der Waals surface area contributed by atoms with Gasteiger partial charge >= 0.3 is 0 Å². The maximum atomic E-state index is 9.18. The predicted molar refractivity (Wildman–Crippen MR) is 87.3 cm³/mol. The van der Waals surface area contributed by atoms with Gasteiger partial charge in [0.05, 0.1) is 12.2 Å². The summed E-state index contributed by atoms with van der Waals surface area (Å²) in [6.45, 7) is 3.86. The van der Waals surface area contributed by atoms with E-state index >= 15 is 0 Å². The largest absolute Gasteiger partial charge is 0.491 e. The van der Waals surface area contributed by atoms with Crippen molar-refractivity contribution in [3.05, 3.63) is 48.5 Å². The van der Waals surface area contributed by atoms with Crippen molar-refractivity contribution in [2.75, 3.05) is 13.2 Å². The molecule has 0 aliphatic carbocycles. The van der Waals surface area contributed by atoms with Gasteiger partial charge < -0.3 is 24.4 Å². The van der Waals surface area contributed by atoms with Gasteiger partial charge in [-0.05, 0) is 62.4 Å². The lowest BCUT2D eigenvalue weighted by Gasteiger charge is -2.11. The molecule has 124 valence electrons. The van der Waals surface area contributed by atoms with E-state index in [0.29, 0.717) is 23.0 Å². The van der Waals surface area contributed by atoms with Crippen molar-refractivity contribution in [2.45, 2.75) is 26.1 Å². The molecule has 0 spiro atoms. The second kappa shape index (κ2) is 8.41. The number of rotatable bonds is 8. The van der Waals surface area contributed by atoms with E-state index < -0.39 is 12.2 Å². The van der Waals surface area contributed by atoms with Gasteiger partial charge in [0.2, 0.25) is 0 Å². The van der Waals surface area contributed by atoms with E-state index in [4.69, 9.17) is 14.2 Å². The van der Waals surface area contributed by atoms with Crippen LogP contribution in [0.4, 0.5) is 0 Å². The third kappa shape index (κ3) is 6.18. The topological polar surface area (TPSA) is 68.2 Å². The van der Waals surface area contributed by atoms with Crippen LogP contribution >= 0.6 is 0 Å². The molecule has 0 fully saturated rings. The van der Waals surface area contributed by atoms with Gasteiger partial charge in [-0.25, -0.2) is 0 Å². The fourth-order valence-corrected chi connectivity index (χ4v) is 1.78. The first-order valence-electron chi connectivity index (χ1n) is 7.52. The minimum Gasteiger partial charge on any atom is -0.491 e. The Morgan fingerprint density at radius 3 is 1.26 bits per heavy atom. The standard InChI is InChI=1S/C18H22O5/c1-13(19)11-21-15-3-7-17(8-4-15)23-18-9-5-16(6-10-18)22-12-14(2)20/h3-10,13-14,19-20H,11-12H2,1-2H3. The lowest BCUT2D eigenvalue weighted by Crippen LogP contribution is -2.12. The van der Waals surface area contributed by atoms with Gasteiger partial charge in [0, 0.05) is 0 Å². The number of benzene rings is 2. The molecule has 0 saturated carbocycles. The van der Waals surface area contributed by atoms with E-state index in [-0.39, 0.29) is 13.2 Å². The highest BCUT2D eigenvalue weighted by Crippen LogP contribution is 2.25. The summed E-state index contributed by atoms with van der Waals surface area (Å²) in [5, 5.41) is 18.4. The molecule has 2 atom stereocenters. The van der Waals surface area contributed by atoms with Gasteiger partial charge in [-0.3, -0.25) is 0 Å². The van der Waals surface area contributed by atoms with E-state index in [2.05, 4.69) is 0 Å². The Morgan fingerprint density at radius 1 is 0.652 bits per heavy atom. The SMILES string of the molecule is CC(O)COc1ccc(Oc2ccc(OCC(C)O)cc2)cc1. The van der Waals surface area contributed by atoms with Gasteiger partial charge in [-0.2, -0.15) is 0 Å². The van der Waals surface area contributed by atoms with Crippen molar-refractivity contribution in [1.82, 2.24) is 0 Å². The summed E-state index contributed by atoms with van der Waals surface area (Å²) in [7, 11) is 0. The van der Waals surface area contributed by atoms with Crippen LogP contribution in [-0.4, -0.2) is 35.6 Å². The van der Waals surface area contributed by atoms with Crippen LogP contribution < -0.4 is 14.2 Å². The molecule has 0 aliphatic rings. The first kappa shape index (κ1) is 17.1. The first-order chi connectivity index (χ1) is 11.0. The summed E-state index contributed by atoms with van der Waals surface area (Å²) in [5.41, 5.74) is 0. The van der Waals surface area contributed by atoms with E-state index in [0.717, 1.165) is 0 Å². The smallest absolute Gasteiger partial charge is 0.127 e. The molecule has 0 saturated heterocycles. The van der Waals surface area contributed by atoms with E-state index in [1.807, 2.05) is 0 Å². The fourth-order valence-electron chi connectivity index (χ4n) is 1.78. The fraction of sp³-hybridized carbons (Fsp3) is 0.333. The Balaban J connectivity index is 1.88. The average Bonchev–Trinajstić information content (AvgIpc) is 2.53. The molecule has 2 rings (SSSR count). The van der Waals surface area contributed by atoms with Crippen LogP contribution in [0.15, 0.2) is 48.5 Å². The number of ether oxygens (including phenoxy) is 3. The Labute approximate surface area is 136 Å². The predicted octanol–water partition coefficient (Wildman–Crippen LogP) is 3.00. The minimum atomic E-state index is -0.500. The molecular formula is C18H22O5. The highest BCUT2D eigenvalue weighted by Gasteiger charge is 2.02. The van der Waals surface area contributed by atoms with Crippen LogP contribution in [0.25, 0.3) is 0 Å². The van der Waals surface area contributed by atoms with Gasteiger partial charge in [-0.1, -0.05) is 0 Å². The zero-order valence-electron chi connectivity index (χ0n) is 13.3. The van der Waals surface area contributed by atoms with Crippen molar-refractivity contribution in [1.29, 1.82) is 0 Å². The van der Waals surface area contributed by atoms with Gasteiger partial charge in [0.25, 0.3) is 0 Å². The minimum absolute atomic E-state index is 0.258. The summed E-state index contributed by atoms with van der Waals surface area (Å²) >= 11 is 0. The molecule has 0 aromatic heterocycles. The monoisotopic (exact) mass is 318 g/mol. The highest BCUT2D eigenvalue weighted by atomic mass is 16.5. The molecular weight excluding hydrogens is 296 g/mol. The first-order valence-corrected chi connectivity index (χ1v) is 7.52. The molecule has 23 heavy (non-hydrogen) atoms. The second-order valence-electron chi connectivity index (χ2n) is 5.36. The summed E-state index contributed by atoms with van der Waals surface area (Å²) in [5.74, 6) is 2.74. The summed E-state index contributed by atoms with van der Waals surface area (Å²) in [6, 6.07) is 14.4. The Bertz CT molecular complexity index is 522. The van der Waals surface area contributed by atoms with Gasteiger partial charge in [0.15, 0.2) is 0 Å². The van der Waals surface area contributed by atoms with Crippen LogP contribution in [0, 0.1) is 0 Å².